The van der Waals surface area contributed by atoms with Crippen LogP contribution in [0.15, 0.2) is 30.5 Å². The van der Waals surface area contributed by atoms with E-state index in [-0.39, 0.29) is 0 Å². The van der Waals surface area contributed by atoms with Crippen molar-refractivity contribution in [2.24, 2.45) is 11.8 Å². The quantitative estimate of drug-likeness (QED) is 0.588. The molecule has 6 rings (SSSR count). The number of hydrogen-bond acceptors (Lipinski definition) is 8. The van der Waals surface area contributed by atoms with E-state index in [4.69, 9.17) is 31.2 Å². The standard InChI is InChI=1S/C23H25ClFN7O2/c1-33-19-9-18(10-26-29-19)31-11-13-2-3-14(12-31)20(13)27-23-28-22-21(34-5-4-32(22)30-23)15-6-16(24)8-17(25)7-15/h6-10,13-14,20-21H,2-5,11-12H2,1H3,(H,27,30)/t13-,14+,20-,21-/m0/s1. The smallest absolute Gasteiger partial charge is 0.242 e. The lowest BCUT2D eigenvalue weighted by molar-refractivity contribution is 0.0388. The van der Waals surface area contributed by atoms with E-state index in [2.05, 4.69) is 20.4 Å². The van der Waals surface area contributed by atoms with Gasteiger partial charge in [-0.25, -0.2) is 9.07 Å². The van der Waals surface area contributed by atoms with Crippen LogP contribution in [0.1, 0.15) is 30.3 Å². The van der Waals surface area contributed by atoms with Crippen LogP contribution in [-0.2, 0) is 11.3 Å². The molecule has 0 unspecified atom stereocenters. The highest BCUT2D eigenvalue weighted by Crippen LogP contribution is 2.40. The monoisotopic (exact) mass is 485 g/mol. The van der Waals surface area contributed by atoms with Gasteiger partial charge in [0.1, 0.15) is 11.9 Å². The largest absolute Gasteiger partial charge is 0.480 e. The van der Waals surface area contributed by atoms with Crippen LogP contribution in [0.2, 0.25) is 5.02 Å². The molecule has 1 saturated carbocycles. The molecule has 4 atom stereocenters. The Bertz CT molecular complexity index is 1170. The van der Waals surface area contributed by atoms with Gasteiger partial charge >= 0.3 is 0 Å². The maximum absolute atomic E-state index is 13.9. The maximum Gasteiger partial charge on any atom is 0.242 e. The number of nitrogens with one attached hydrogen (secondary N) is 1. The van der Waals surface area contributed by atoms with E-state index in [0.717, 1.165) is 31.6 Å². The van der Waals surface area contributed by atoms with E-state index in [1.807, 2.05) is 10.7 Å². The summed E-state index contributed by atoms with van der Waals surface area (Å²) < 4.78 is 27.0. The first-order valence-electron chi connectivity index (χ1n) is 11.5. The first-order chi connectivity index (χ1) is 16.6. The Morgan fingerprint density at radius 3 is 2.76 bits per heavy atom. The number of aromatic nitrogens is 5. The zero-order valence-corrected chi connectivity index (χ0v) is 19.5. The molecule has 2 aromatic heterocycles. The van der Waals surface area contributed by atoms with E-state index in [1.165, 1.54) is 12.1 Å². The zero-order chi connectivity index (χ0) is 23.2. The molecular formula is C23H25ClFN7O2. The minimum atomic E-state index is -0.502. The molecule has 2 fully saturated rings. The molecule has 3 aliphatic rings. The minimum absolute atomic E-state index is 0.292. The van der Waals surface area contributed by atoms with Crippen LogP contribution in [0.25, 0.3) is 0 Å². The van der Waals surface area contributed by atoms with Crippen molar-refractivity contribution in [1.82, 2.24) is 25.0 Å². The maximum atomic E-state index is 13.9. The van der Waals surface area contributed by atoms with Gasteiger partial charge in [0.25, 0.3) is 0 Å². The summed E-state index contributed by atoms with van der Waals surface area (Å²) in [5.74, 6) is 2.31. The van der Waals surface area contributed by atoms with Gasteiger partial charge in [-0.15, -0.1) is 10.2 Å². The van der Waals surface area contributed by atoms with Gasteiger partial charge in [-0.05, 0) is 48.4 Å². The molecule has 9 nitrogen and oxygen atoms in total. The Balaban J connectivity index is 1.20. The first-order valence-corrected chi connectivity index (χ1v) is 11.9. The van der Waals surface area contributed by atoms with E-state index in [1.54, 1.807) is 19.4 Å². The summed E-state index contributed by atoms with van der Waals surface area (Å²) in [6, 6.07) is 6.66. The molecule has 2 bridgehead atoms. The number of nitrogens with zero attached hydrogens (tertiary/aromatic N) is 6. The summed E-state index contributed by atoms with van der Waals surface area (Å²) in [5, 5.41) is 16.7. The number of halogens is 2. The second kappa shape index (κ2) is 8.66. The van der Waals surface area contributed by atoms with Crippen molar-refractivity contribution in [3.8, 4) is 5.88 Å². The van der Waals surface area contributed by atoms with Crippen molar-refractivity contribution in [2.75, 3.05) is 37.0 Å². The minimum Gasteiger partial charge on any atom is -0.480 e. The highest BCUT2D eigenvalue weighted by Gasteiger charge is 2.43. The second-order valence-corrected chi connectivity index (χ2v) is 9.54. The fourth-order valence-electron chi connectivity index (χ4n) is 5.51. The average Bonchev–Trinajstić information content (AvgIpc) is 3.34. The van der Waals surface area contributed by atoms with Crippen molar-refractivity contribution in [3.63, 3.8) is 0 Å². The third-order valence-corrected chi connectivity index (χ3v) is 7.25. The van der Waals surface area contributed by atoms with Crippen molar-refractivity contribution in [2.45, 2.75) is 31.5 Å². The number of methoxy groups -OCH3 is 1. The number of piperidine rings is 1. The summed E-state index contributed by atoms with van der Waals surface area (Å²) in [7, 11) is 1.60. The predicted octanol–water partition coefficient (Wildman–Crippen LogP) is 3.32. The van der Waals surface area contributed by atoms with Crippen LogP contribution in [-0.4, -0.2) is 57.8 Å². The van der Waals surface area contributed by atoms with Gasteiger partial charge in [0.05, 0.1) is 32.1 Å². The van der Waals surface area contributed by atoms with Gasteiger partial charge < -0.3 is 19.7 Å². The zero-order valence-electron chi connectivity index (χ0n) is 18.7. The third-order valence-electron chi connectivity index (χ3n) is 7.03. The molecule has 0 radical (unpaired) electrons. The van der Waals surface area contributed by atoms with Crippen molar-refractivity contribution in [3.05, 3.63) is 52.7 Å². The second-order valence-electron chi connectivity index (χ2n) is 9.10. The number of rotatable bonds is 5. The Hall–Kier alpha value is -2.98. The molecule has 1 saturated heterocycles. The number of hydrogen-bond donors (Lipinski definition) is 1. The number of benzene rings is 1. The molecule has 3 aromatic rings. The Morgan fingerprint density at radius 2 is 2.00 bits per heavy atom. The van der Waals surface area contributed by atoms with E-state index >= 15 is 0 Å². The molecule has 178 valence electrons. The average molecular weight is 486 g/mol. The molecule has 0 spiro atoms. The van der Waals surface area contributed by atoms with Gasteiger partial charge in [-0.2, -0.15) is 10.1 Å². The molecular weight excluding hydrogens is 461 g/mol. The normalized spacial score (nSPS) is 25.8. The van der Waals surface area contributed by atoms with Crippen LogP contribution in [0.3, 0.4) is 0 Å². The summed E-state index contributed by atoms with van der Waals surface area (Å²) >= 11 is 6.07. The predicted molar refractivity (Wildman–Crippen MR) is 124 cm³/mol. The van der Waals surface area contributed by atoms with Gasteiger partial charge in [0.15, 0.2) is 5.82 Å². The van der Waals surface area contributed by atoms with Gasteiger partial charge in [0.2, 0.25) is 11.8 Å². The number of anilines is 2. The highest BCUT2D eigenvalue weighted by atomic mass is 35.5. The SMILES string of the molecule is COc1cc(N2C[C@H]3CC[C@@H](C2)[C@@H]3Nc2nc3n(n2)CCO[C@H]3c2cc(F)cc(Cl)c2)cnn1. The Kier molecular flexibility index (Phi) is 5.49. The summed E-state index contributed by atoms with van der Waals surface area (Å²) in [6.45, 7) is 2.92. The molecule has 1 aromatic carbocycles. The molecule has 34 heavy (non-hydrogen) atoms. The Labute approximate surface area is 201 Å². The molecule has 0 amide bonds. The van der Waals surface area contributed by atoms with Crippen molar-refractivity contribution in [1.29, 1.82) is 0 Å². The van der Waals surface area contributed by atoms with Crippen LogP contribution in [0.5, 0.6) is 5.88 Å². The van der Waals surface area contributed by atoms with Crippen LogP contribution < -0.4 is 15.0 Å². The van der Waals surface area contributed by atoms with E-state index in [0.29, 0.717) is 59.3 Å². The first kappa shape index (κ1) is 21.5. The summed E-state index contributed by atoms with van der Waals surface area (Å²) in [6.07, 6.45) is 3.59. The van der Waals surface area contributed by atoms with E-state index < -0.39 is 11.9 Å². The van der Waals surface area contributed by atoms with Crippen LogP contribution >= 0.6 is 11.6 Å². The molecule has 4 heterocycles. The third kappa shape index (κ3) is 3.94. The van der Waals surface area contributed by atoms with E-state index in [9.17, 15) is 4.39 Å². The summed E-state index contributed by atoms with van der Waals surface area (Å²) in [5.41, 5.74) is 1.67. The van der Waals surface area contributed by atoms with Gasteiger partial charge in [0, 0.05) is 30.2 Å². The van der Waals surface area contributed by atoms with Gasteiger partial charge in [-0.3, -0.25) is 0 Å². The molecule has 11 heteroatoms. The van der Waals surface area contributed by atoms with Crippen LogP contribution in [0, 0.1) is 17.7 Å². The summed E-state index contributed by atoms with van der Waals surface area (Å²) in [4.78, 5) is 7.12. The van der Waals surface area contributed by atoms with Crippen molar-refractivity contribution < 1.29 is 13.9 Å². The van der Waals surface area contributed by atoms with Crippen LogP contribution in [0.4, 0.5) is 16.0 Å². The Morgan fingerprint density at radius 1 is 1.18 bits per heavy atom. The van der Waals surface area contributed by atoms with Crippen molar-refractivity contribution >= 4 is 23.2 Å². The number of fused-ring (bicyclic) bond motifs is 3. The van der Waals surface area contributed by atoms with Gasteiger partial charge in [-0.1, -0.05) is 11.6 Å². The molecule has 2 aliphatic heterocycles. The number of ether oxygens (including phenoxy) is 2. The lowest BCUT2D eigenvalue weighted by Gasteiger charge is -2.39. The lowest BCUT2D eigenvalue weighted by atomic mass is 9.92. The lowest BCUT2D eigenvalue weighted by Crippen LogP contribution is -2.48. The highest BCUT2D eigenvalue weighted by molar-refractivity contribution is 6.30. The fraction of sp³-hybridized carbons (Fsp3) is 0.478. The molecule has 1 N–H and O–H groups in total. The molecule has 1 aliphatic carbocycles. The topological polar surface area (TPSA) is 90.2 Å². The fourth-order valence-corrected chi connectivity index (χ4v) is 5.74.